The zero-order valence-corrected chi connectivity index (χ0v) is 14.2. The molecule has 0 aliphatic rings. The van der Waals surface area contributed by atoms with Crippen molar-refractivity contribution in [2.75, 3.05) is 27.2 Å². The molecule has 1 aromatic heterocycles. The highest BCUT2D eigenvalue weighted by Crippen LogP contribution is 2.23. The first-order valence-corrected chi connectivity index (χ1v) is 8.23. The van der Waals surface area contributed by atoms with Crippen LogP contribution in [0, 0.1) is 0 Å². The Labute approximate surface area is 142 Å². The topological polar surface area (TPSA) is 53.2 Å². The van der Waals surface area contributed by atoms with Gasteiger partial charge in [0.25, 0.3) is 0 Å². The molecule has 0 amide bonds. The second-order valence-corrected chi connectivity index (χ2v) is 5.99. The highest BCUT2D eigenvalue weighted by Gasteiger charge is 2.09. The highest BCUT2D eigenvalue weighted by molar-refractivity contribution is 5.82. The number of hydrogen-bond donors (Lipinski definition) is 2. The summed E-state index contributed by atoms with van der Waals surface area (Å²) >= 11 is 0. The molecule has 1 heterocycles. The number of fused-ring (bicyclic) bond motifs is 1. The number of nitrogens with zero attached hydrogens (tertiary/aromatic N) is 2. The van der Waals surface area contributed by atoms with Gasteiger partial charge in [-0.25, -0.2) is 0 Å². The fraction of sp³-hybridized carbons (Fsp3) is 0.316. The molecule has 0 spiro atoms. The summed E-state index contributed by atoms with van der Waals surface area (Å²) < 4.78 is 5.93. The minimum absolute atomic E-state index is 0.571. The number of ether oxygens (including phenoxy) is 1. The second kappa shape index (κ2) is 7.95. The second-order valence-electron chi connectivity index (χ2n) is 5.99. The van der Waals surface area contributed by atoms with Gasteiger partial charge in [-0.3, -0.25) is 10.00 Å². The van der Waals surface area contributed by atoms with Gasteiger partial charge in [0.1, 0.15) is 12.4 Å². The molecule has 0 radical (unpaired) electrons. The quantitative estimate of drug-likeness (QED) is 0.669. The van der Waals surface area contributed by atoms with E-state index in [0.717, 1.165) is 47.5 Å². The first kappa shape index (κ1) is 16.5. The summed E-state index contributed by atoms with van der Waals surface area (Å²) in [4.78, 5) is 2.25. The summed E-state index contributed by atoms with van der Waals surface area (Å²) in [6, 6.07) is 16.3. The van der Waals surface area contributed by atoms with E-state index in [1.54, 1.807) is 0 Å². The summed E-state index contributed by atoms with van der Waals surface area (Å²) in [6.07, 6.45) is 0. The summed E-state index contributed by atoms with van der Waals surface area (Å²) in [7, 11) is 4.07. The van der Waals surface area contributed by atoms with E-state index < -0.39 is 0 Å². The van der Waals surface area contributed by atoms with Crippen molar-refractivity contribution in [2.45, 2.75) is 13.2 Å². The molecule has 2 N–H and O–H groups in total. The molecule has 0 saturated heterocycles. The van der Waals surface area contributed by atoms with Gasteiger partial charge in [0.05, 0.1) is 11.2 Å². The van der Waals surface area contributed by atoms with Crippen LogP contribution in [0.5, 0.6) is 5.75 Å². The third-order valence-corrected chi connectivity index (χ3v) is 4.02. The molecule has 0 aliphatic carbocycles. The lowest BCUT2D eigenvalue weighted by atomic mass is 10.2. The minimum atomic E-state index is 0.571. The zero-order chi connectivity index (χ0) is 16.8. The Hall–Kier alpha value is -2.37. The van der Waals surface area contributed by atoms with Crippen LogP contribution in [0.3, 0.4) is 0 Å². The Bertz CT molecular complexity index is 769. The number of rotatable bonds is 8. The first-order valence-electron chi connectivity index (χ1n) is 8.23. The van der Waals surface area contributed by atoms with Crippen molar-refractivity contribution in [2.24, 2.45) is 0 Å². The van der Waals surface area contributed by atoms with E-state index in [4.69, 9.17) is 4.74 Å². The normalized spacial score (nSPS) is 11.3. The molecular formula is C19H24N4O. The molecule has 5 heteroatoms. The number of hydrogen-bond acceptors (Lipinski definition) is 4. The predicted octanol–water partition coefficient (Wildman–Crippen LogP) is 2.79. The number of likely N-dealkylation sites (N-methyl/N-ethyl adjacent to an activating group) is 2. The van der Waals surface area contributed by atoms with E-state index in [9.17, 15) is 0 Å². The van der Waals surface area contributed by atoms with E-state index in [1.165, 1.54) is 0 Å². The fourth-order valence-electron chi connectivity index (χ4n) is 2.64. The number of aromatic nitrogens is 2. The number of benzene rings is 2. The number of aromatic amines is 1. The average molecular weight is 324 g/mol. The molecule has 0 bridgehead atoms. The minimum Gasteiger partial charge on any atom is -0.489 e. The van der Waals surface area contributed by atoms with Gasteiger partial charge in [-0.05, 0) is 37.9 Å². The van der Waals surface area contributed by atoms with Crippen LogP contribution in [-0.2, 0) is 13.2 Å². The lowest BCUT2D eigenvalue weighted by molar-refractivity contribution is 0.306. The monoisotopic (exact) mass is 324 g/mol. The zero-order valence-electron chi connectivity index (χ0n) is 14.2. The number of H-pyrrole nitrogens is 1. The molecule has 2 aromatic carbocycles. The number of nitrogens with one attached hydrogen (secondary N) is 2. The first-order chi connectivity index (χ1) is 11.8. The fourth-order valence-corrected chi connectivity index (χ4v) is 2.64. The Balaban J connectivity index is 1.71. The van der Waals surface area contributed by atoms with E-state index in [1.807, 2.05) is 37.4 Å². The largest absolute Gasteiger partial charge is 0.489 e. The molecule has 126 valence electrons. The van der Waals surface area contributed by atoms with Gasteiger partial charge in [-0.2, -0.15) is 5.10 Å². The smallest absolute Gasteiger partial charge is 0.120 e. The van der Waals surface area contributed by atoms with Crippen LogP contribution in [0.15, 0.2) is 48.5 Å². The third kappa shape index (κ3) is 4.13. The molecule has 3 aromatic rings. The van der Waals surface area contributed by atoms with Crippen molar-refractivity contribution in [1.29, 1.82) is 0 Å². The third-order valence-electron chi connectivity index (χ3n) is 4.02. The van der Waals surface area contributed by atoms with Gasteiger partial charge < -0.3 is 10.1 Å². The highest BCUT2D eigenvalue weighted by atomic mass is 16.5. The lowest BCUT2D eigenvalue weighted by Gasteiger charge is -2.15. The van der Waals surface area contributed by atoms with Gasteiger partial charge in [0.15, 0.2) is 0 Å². The van der Waals surface area contributed by atoms with Crippen LogP contribution in [0.25, 0.3) is 10.9 Å². The maximum atomic E-state index is 5.93. The molecule has 0 saturated carbocycles. The van der Waals surface area contributed by atoms with Crippen molar-refractivity contribution >= 4 is 10.9 Å². The lowest BCUT2D eigenvalue weighted by Crippen LogP contribution is -2.27. The van der Waals surface area contributed by atoms with Crippen LogP contribution in [0.1, 0.15) is 11.3 Å². The van der Waals surface area contributed by atoms with Crippen LogP contribution >= 0.6 is 0 Å². The standard InChI is InChI=1S/C19H24N4O/c1-20-10-11-23(2)13-19-17-12-16(8-9-18(17)21-22-19)24-14-15-6-4-3-5-7-15/h3-9,12,20H,10-11,13-14H2,1-2H3,(H,21,22). The molecular weight excluding hydrogens is 300 g/mol. The van der Waals surface area contributed by atoms with Gasteiger partial charge in [-0.1, -0.05) is 30.3 Å². The maximum absolute atomic E-state index is 5.93. The van der Waals surface area contributed by atoms with Crippen molar-refractivity contribution in [3.8, 4) is 5.75 Å². The van der Waals surface area contributed by atoms with Gasteiger partial charge in [0, 0.05) is 25.0 Å². The van der Waals surface area contributed by atoms with E-state index in [0.29, 0.717) is 6.61 Å². The Kier molecular flexibility index (Phi) is 5.46. The maximum Gasteiger partial charge on any atom is 0.120 e. The molecule has 0 aliphatic heterocycles. The van der Waals surface area contributed by atoms with Crippen molar-refractivity contribution in [1.82, 2.24) is 20.4 Å². The Morgan fingerprint density at radius 3 is 2.79 bits per heavy atom. The SMILES string of the molecule is CNCCN(C)Cc1n[nH]c2ccc(OCc3ccccc3)cc12. The van der Waals surface area contributed by atoms with Crippen LogP contribution < -0.4 is 10.1 Å². The van der Waals surface area contributed by atoms with E-state index in [-0.39, 0.29) is 0 Å². The summed E-state index contributed by atoms with van der Waals surface area (Å²) in [6.45, 7) is 3.32. The summed E-state index contributed by atoms with van der Waals surface area (Å²) in [5.74, 6) is 0.867. The predicted molar refractivity (Wildman–Crippen MR) is 97.1 cm³/mol. The van der Waals surface area contributed by atoms with Crippen molar-refractivity contribution in [3.05, 3.63) is 59.8 Å². The van der Waals surface area contributed by atoms with Gasteiger partial charge in [0.2, 0.25) is 0 Å². The van der Waals surface area contributed by atoms with Crippen LogP contribution in [0.4, 0.5) is 0 Å². The van der Waals surface area contributed by atoms with E-state index in [2.05, 4.69) is 45.7 Å². The molecule has 24 heavy (non-hydrogen) atoms. The van der Waals surface area contributed by atoms with E-state index >= 15 is 0 Å². The Morgan fingerprint density at radius 2 is 2.00 bits per heavy atom. The van der Waals surface area contributed by atoms with Crippen LogP contribution in [-0.4, -0.2) is 42.3 Å². The summed E-state index contributed by atoms with van der Waals surface area (Å²) in [5, 5.41) is 11.9. The summed E-state index contributed by atoms with van der Waals surface area (Å²) in [5.41, 5.74) is 3.25. The molecule has 5 nitrogen and oxygen atoms in total. The Morgan fingerprint density at radius 1 is 1.17 bits per heavy atom. The molecule has 0 unspecified atom stereocenters. The van der Waals surface area contributed by atoms with Gasteiger partial charge in [-0.15, -0.1) is 0 Å². The average Bonchev–Trinajstić information content (AvgIpc) is 3.01. The van der Waals surface area contributed by atoms with Crippen molar-refractivity contribution in [3.63, 3.8) is 0 Å². The molecule has 3 rings (SSSR count). The van der Waals surface area contributed by atoms with Crippen LogP contribution in [0.2, 0.25) is 0 Å². The van der Waals surface area contributed by atoms with Crippen molar-refractivity contribution < 1.29 is 4.74 Å². The molecule has 0 atom stereocenters. The molecule has 0 fully saturated rings. The van der Waals surface area contributed by atoms with Gasteiger partial charge >= 0.3 is 0 Å².